The van der Waals surface area contributed by atoms with Gasteiger partial charge in [0.25, 0.3) is 0 Å². The number of likely N-dealkylation sites (tertiary alicyclic amines) is 1. The first-order valence-electron chi connectivity index (χ1n) is 11.0. The summed E-state index contributed by atoms with van der Waals surface area (Å²) >= 11 is 11.9. The molecule has 1 atom stereocenters. The molecule has 1 unspecified atom stereocenters. The fourth-order valence-corrected chi connectivity index (χ4v) is 4.51. The number of hydrogen-bond acceptors (Lipinski definition) is 4. The van der Waals surface area contributed by atoms with E-state index in [2.05, 4.69) is 4.90 Å². The third kappa shape index (κ3) is 7.21. The summed E-state index contributed by atoms with van der Waals surface area (Å²) in [5.74, 6) is 0.379. The maximum atomic E-state index is 12.6. The van der Waals surface area contributed by atoms with Crippen LogP contribution in [-0.2, 0) is 9.59 Å². The van der Waals surface area contributed by atoms with Crippen molar-refractivity contribution >= 4 is 41.1 Å². The molecule has 8 heteroatoms. The number of carbonyl (C=O) groups excluding carboxylic acids is 2. The van der Waals surface area contributed by atoms with Gasteiger partial charge in [-0.2, -0.15) is 0 Å². The summed E-state index contributed by atoms with van der Waals surface area (Å²) in [5, 5.41) is 10.3. The Balaban J connectivity index is 1.45. The summed E-state index contributed by atoms with van der Waals surface area (Å²) < 4.78 is 0. The molecule has 1 aromatic carbocycles. The van der Waals surface area contributed by atoms with Crippen LogP contribution in [-0.4, -0.2) is 84.0 Å². The quantitative estimate of drug-likeness (QED) is 0.625. The van der Waals surface area contributed by atoms with Gasteiger partial charge >= 0.3 is 0 Å². The fourth-order valence-electron chi connectivity index (χ4n) is 4.20. The van der Waals surface area contributed by atoms with Gasteiger partial charge in [-0.1, -0.05) is 29.3 Å². The zero-order valence-corrected chi connectivity index (χ0v) is 19.3. The van der Waals surface area contributed by atoms with Gasteiger partial charge in [-0.05, 0) is 62.0 Å². The fraction of sp³-hybridized carbons (Fsp3) is 0.565. The maximum absolute atomic E-state index is 12.6. The Morgan fingerprint density at radius 2 is 1.97 bits per heavy atom. The molecule has 3 rings (SSSR count). The summed E-state index contributed by atoms with van der Waals surface area (Å²) in [6.45, 7) is 5.44. The van der Waals surface area contributed by atoms with E-state index in [1.54, 1.807) is 29.2 Å². The number of hydrogen-bond donors (Lipinski definition) is 1. The van der Waals surface area contributed by atoms with Crippen molar-refractivity contribution in [2.45, 2.75) is 25.7 Å². The highest BCUT2D eigenvalue weighted by Crippen LogP contribution is 2.23. The first-order valence-corrected chi connectivity index (χ1v) is 11.7. The number of carbonyl (C=O) groups is 2. The second kappa shape index (κ2) is 11.9. The molecule has 0 radical (unpaired) electrons. The molecule has 2 saturated heterocycles. The van der Waals surface area contributed by atoms with Gasteiger partial charge in [0.2, 0.25) is 11.8 Å². The Morgan fingerprint density at radius 3 is 2.74 bits per heavy atom. The van der Waals surface area contributed by atoms with Crippen molar-refractivity contribution in [2.75, 3.05) is 52.4 Å². The van der Waals surface area contributed by atoms with Gasteiger partial charge in [0.1, 0.15) is 0 Å². The van der Waals surface area contributed by atoms with Crippen molar-refractivity contribution in [2.24, 2.45) is 5.92 Å². The third-order valence-electron chi connectivity index (χ3n) is 6.03. The van der Waals surface area contributed by atoms with E-state index in [0.717, 1.165) is 44.5 Å². The van der Waals surface area contributed by atoms with Crippen LogP contribution in [0.2, 0.25) is 10.0 Å². The van der Waals surface area contributed by atoms with Crippen molar-refractivity contribution < 1.29 is 14.7 Å². The van der Waals surface area contributed by atoms with Crippen LogP contribution in [0.15, 0.2) is 24.3 Å². The number of halogens is 2. The van der Waals surface area contributed by atoms with Crippen LogP contribution in [0.25, 0.3) is 6.08 Å². The number of rotatable bonds is 7. The van der Waals surface area contributed by atoms with Gasteiger partial charge in [0, 0.05) is 51.8 Å². The largest absolute Gasteiger partial charge is 0.396 e. The van der Waals surface area contributed by atoms with Gasteiger partial charge in [-0.3, -0.25) is 9.59 Å². The van der Waals surface area contributed by atoms with E-state index in [1.165, 1.54) is 6.08 Å². The van der Waals surface area contributed by atoms with Gasteiger partial charge in [-0.25, -0.2) is 0 Å². The van der Waals surface area contributed by atoms with E-state index in [9.17, 15) is 14.7 Å². The second-order valence-corrected chi connectivity index (χ2v) is 9.12. The molecule has 2 fully saturated rings. The Morgan fingerprint density at radius 1 is 1.13 bits per heavy atom. The molecule has 6 nitrogen and oxygen atoms in total. The first kappa shape index (κ1) is 24.1. The number of amides is 2. The molecule has 2 aliphatic heterocycles. The normalized spacial score (nSPS) is 21.0. The predicted molar refractivity (Wildman–Crippen MR) is 124 cm³/mol. The van der Waals surface area contributed by atoms with Crippen molar-refractivity contribution in [1.29, 1.82) is 0 Å². The highest BCUT2D eigenvalue weighted by Gasteiger charge is 2.23. The van der Waals surface area contributed by atoms with Crippen LogP contribution in [0.3, 0.4) is 0 Å². The van der Waals surface area contributed by atoms with Crippen LogP contribution >= 0.6 is 23.2 Å². The van der Waals surface area contributed by atoms with Crippen LogP contribution in [0.5, 0.6) is 0 Å². The Labute approximate surface area is 194 Å². The summed E-state index contributed by atoms with van der Waals surface area (Å²) in [5.41, 5.74) is 0.802. The van der Waals surface area contributed by atoms with Crippen LogP contribution < -0.4 is 0 Å². The van der Waals surface area contributed by atoms with Gasteiger partial charge in [0.05, 0.1) is 10.0 Å². The molecule has 0 aromatic heterocycles. The molecule has 2 aliphatic rings. The topological polar surface area (TPSA) is 64.1 Å². The predicted octanol–water partition coefficient (Wildman–Crippen LogP) is 3.16. The molecular weight excluding hydrogens is 437 g/mol. The van der Waals surface area contributed by atoms with Gasteiger partial charge < -0.3 is 19.8 Å². The van der Waals surface area contributed by atoms with Gasteiger partial charge in [-0.15, -0.1) is 0 Å². The molecule has 2 amide bonds. The van der Waals surface area contributed by atoms with Crippen molar-refractivity contribution in [3.05, 3.63) is 39.9 Å². The van der Waals surface area contributed by atoms with Crippen LogP contribution in [0, 0.1) is 5.92 Å². The Bertz CT molecular complexity index is 802. The zero-order chi connectivity index (χ0) is 22.2. The number of nitrogens with zero attached hydrogens (tertiary/aromatic N) is 3. The number of piperidine rings is 1. The molecule has 0 spiro atoms. The lowest BCUT2D eigenvalue weighted by molar-refractivity contribution is -0.130. The van der Waals surface area contributed by atoms with Crippen molar-refractivity contribution in [3.8, 4) is 0 Å². The van der Waals surface area contributed by atoms with E-state index in [4.69, 9.17) is 23.2 Å². The lowest BCUT2D eigenvalue weighted by atomic mass is 9.99. The molecule has 1 N–H and O–H groups in total. The average Bonchev–Trinajstić information content (AvgIpc) is 2.96. The highest BCUT2D eigenvalue weighted by atomic mass is 35.5. The molecule has 1 aromatic rings. The van der Waals surface area contributed by atoms with Crippen molar-refractivity contribution in [1.82, 2.24) is 14.7 Å². The average molecular weight is 468 g/mol. The molecule has 0 bridgehead atoms. The monoisotopic (exact) mass is 467 g/mol. The standard InChI is InChI=1S/C23H31Cl2N3O3/c24-20-6-4-18(15-21(20)25)5-7-22(30)28-12-8-23(31)27(13-14-28)11-2-10-26-9-1-3-19(16-26)17-29/h4-7,15,19,29H,1-3,8-14,16-17H2/b7-5+. The van der Waals surface area contributed by atoms with Crippen LogP contribution in [0.1, 0.15) is 31.2 Å². The zero-order valence-electron chi connectivity index (χ0n) is 17.8. The highest BCUT2D eigenvalue weighted by molar-refractivity contribution is 6.42. The van der Waals surface area contributed by atoms with E-state index >= 15 is 0 Å². The van der Waals surface area contributed by atoms with E-state index in [1.807, 2.05) is 4.90 Å². The van der Waals surface area contributed by atoms with Crippen LogP contribution in [0.4, 0.5) is 0 Å². The minimum Gasteiger partial charge on any atom is -0.396 e. The van der Waals surface area contributed by atoms with E-state index in [0.29, 0.717) is 48.6 Å². The summed E-state index contributed by atoms with van der Waals surface area (Å²) in [4.78, 5) is 31.1. The van der Waals surface area contributed by atoms with E-state index in [-0.39, 0.29) is 18.4 Å². The summed E-state index contributed by atoms with van der Waals surface area (Å²) in [6, 6.07) is 5.22. The molecule has 31 heavy (non-hydrogen) atoms. The molecular formula is C23H31Cl2N3O3. The molecule has 170 valence electrons. The lowest BCUT2D eigenvalue weighted by Crippen LogP contribution is -2.40. The Hall–Kier alpha value is -1.60. The minimum absolute atomic E-state index is 0.107. The Kier molecular flexibility index (Phi) is 9.20. The summed E-state index contributed by atoms with van der Waals surface area (Å²) in [6.07, 6.45) is 6.72. The second-order valence-electron chi connectivity index (χ2n) is 8.31. The summed E-state index contributed by atoms with van der Waals surface area (Å²) in [7, 11) is 0. The SMILES string of the molecule is O=C(/C=C/c1ccc(Cl)c(Cl)c1)N1CCC(=O)N(CCCN2CCCC(CO)C2)CC1. The molecule has 0 saturated carbocycles. The van der Waals surface area contributed by atoms with Crippen molar-refractivity contribution in [3.63, 3.8) is 0 Å². The number of aliphatic hydroxyl groups is 1. The van der Waals surface area contributed by atoms with Gasteiger partial charge in [0.15, 0.2) is 0 Å². The number of aliphatic hydroxyl groups excluding tert-OH is 1. The molecule has 2 heterocycles. The smallest absolute Gasteiger partial charge is 0.246 e. The third-order valence-corrected chi connectivity index (χ3v) is 6.76. The molecule has 0 aliphatic carbocycles. The number of benzene rings is 1. The lowest BCUT2D eigenvalue weighted by Gasteiger charge is -2.32. The maximum Gasteiger partial charge on any atom is 0.246 e. The first-order chi connectivity index (χ1) is 15.0. The van der Waals surface area contributed by atoms with E-state index < -0.39 is 0 Å². The minimum atomic E-state index is -0.107.